The molecule has 35 heavy (non-hydrogen) atoms. The van der Waals surface area contributed by atoms with E-state index in [0.29, 0.717) is 51.1 Å². The van der Waals surface area contributed by atoms with Crippen LogP contribution in [-0.4, -0.2) is 11.7 Å². The number of nitrogens with one attached hydrogen (secondary N) is 1. The van der Waals surface area contributed by atoms with Gasteiger partial charge in [0.15, 0.2) is 5.78 Å². The number of allylic oxidation sites excluding steroid dienone is 1. The van der Waals surface area contributed by atoms with Crippen LogP contribution in [0.1, 0.15) is 48.7 Å². The summed E-state index contributed by atoms with van der Waals surface area (Å²) in [5, 5.41) is 4.06. The molecule has 0 fully saturated rings. The fraction of sp³-hybridized carbons (Fsp3) is 0.214. The summed E-state index contributed by atoms with van der Waals surface area (Å²) in [6.07, 6.45) is 0.882. The molecule has 0 unspecified atom stereocenters. The summed E-state index contributed by atoms with van der Waals surface area (Å²) in [5.74, 6) is -1.35. The van der Waals surface area contributed by atoms with Crippen molar-refractivity contribution in [3.8, 4) is 0 Å². The molecule has 5 rings (SSSR count). The van der Waals surface area contributed by atoms with Gasteiger partial charge in [0.1, 0.15) is 5.82 Å². The second-order valence-electron chi connectivity index (χ2n) is 9.67. The molecule has 0 spiro atoms. The summed E-state index contributed by atoms with van der Waals surface area (Å²) in [4.78, 5) is 29.3. The Morgan fingerprint density at radius 1 is 0.971 bits per heavy atom. The van der Waals surface area contributed by atoms with Gasteiger partial charge in [-0.2, -0.15) is 0 Å². The lowest BCUT2D eigenvalue weighted by Gasteiger charge is -2.37. The first-order valence-electron chi connectivity index (χ1n) is 11.3. The van der Waals surface area contributed by atoms with Crippen LogP contribution in [-0.2, 0) is 4.79 Å². The summed E-state index contributed by atoms with van der Waals surface area (Å²) in [6, 6.07) is 17.2. The van der Waals surface area contributed by atoms with Crippen molar-refractivity contribution in [2.45, 2.75) is 32.7 Å². The largest absolute Gasteiger partial charge is 0.357 e. The van der Waals surface area contributed by atoms with E-state index in [9.17, 15) is 14.0 Å². The standard InChI is InChI=1S/C28H23Cl2FN2O2/c1-28(2)14-21-25(23(34)15-28)26(24-17(29)9-7-10-18(24)30)33(22-13-6-5-12-20(22)32-21)27(35)16-8-3-4-11-19(16)31/h3-13,26,32H,14-15H2,1-2H3/t26-/m0/s1. The van der Waals surface area contributed by atoms with Crippen molar-refractivity contribution in [3.63, 3.8) is 0 Å². The first-order chi connectivity index (χ1) is 16.7. The number of carbonyl (C=O) groups is 2. The van der Waals surface area contributed by atoms with Crippen molar-refractivity contribution in [1.82, 2.24) is 0 Å². The average Bonchev–Trinajstić information content (AvgIpc) is 2.92. The van der Waals surface area contributed by atoms with Gasteiger partial charge in [-0.25, -0.2) is 4.39 Å². The van der Waals surface area contributed by atoms with Crippen molar-refractivity contribution in [2.24, 2.45) is 5.41 Å². The van der Waals surface area contributed by atoms with Gasteiger partial charge < -0.3 is 5.32 Å². The van der Waals surface area contributed by atoms with Crippen molar-refractivity contribution < 1.29 is 14.0 Å². The normalized spacial score (nSPS) is 18.9. The Hall–Kier alpha value is -3.15. The Labute approximate surface area is 213 Å². The van der Waals surface area contributed by atoms with Crippen molar-refractivity contribution in [2.75, 3.05) is 10.2 Å². The maximum Gasteiger partial charge on any atom is 0.262 e. The number of rotatable bonds is 2. The highest BCUT2D eigenvalue weighted by Gasteiger charge is 2.45. The van der Waals surface area contributed by atoms with Crippen LogP contribution in [0.2, 0.25) is 10.0 Å². The third-order valence-corrected chi connectivity index (χ3v) is 7.16. The van der Waals surface area contributed by atoms with Gasteiger partial charge in [-0.3, -0.25) is 14.5 Å². The lowest BCUT2D eigenvalue weighted by Crippen LogP contribution is -2.40. The van der Waals surface area contributed by atoms with Gasteiger partial charge in [0, 0.05) is 33.3 Å². The molecule has 1 atom stereocenters. The second-order valence-corrected chi connectivity index (χ2v) is 10.5. The molecule has 3 aromatic carbocycles. The number of anilines is 2. The summed E-state index contributed by atoms with van der Waals surface area (Å²) < 4.78 is 14.9. The molecule has 1 aliphatic heterocycles. The van der Waals surface area contributed by atoms with Crippen molar-refractivity contribution in [1.29, 1.82) is 0 Å². The van der Waals surface area contributed by atoms with Crippen LogP contribution in [0.25, 0.3) is 0 Å². The third kappa shape index (κ3) is 4.13. The number of nitrogens with zero attached hydrogens (tertiary/aromatic N) is 1. The highest BCUT2D eigenvalue weighted by Crippen LogP contribution is 2.51. The number of hydrogen-bond donors (Lipinski definition) is 1. The summed E-state index contributed by atoms with van der Waals surface area (Å²) >= 11 is 13.3. The summed E-state index contributed by atoms with van der Waals surface area (Å²) in [5.41, 5.74) is 2.31. The van der Waals surface area contributed by atoms with Crippen molar-refractivity contribution >= 4 is 46.3 Å². The van der Waals surface area contributed by atoms with Gasteiger partial charge in [0.05, 0.1) is 23.0 Å². The van der Waals surface area contributed by atoms with E-state index in [4.69, 9.17) is 23.2 Å². The van der Waals surface area contributed by atoms with Gasteiger partial charge in [0.25, 0.3) is 5.91 Å². The predicted molar refractivity (Wildman–Crippen MR) is 138 cm³/mol. The van der Waals surface area contributed by atoms with Crippen LogP contribution < -0.4 is 10.2 Å². The Morgan fingerprint density at radius 3 is 2.34 bits per heavy atom. The fourth-order valence-electron chi connectivity index (χ4n) is 5.02. The molecule has 0 saturated heterocycles. The number of halogens is 3. The zero-order valence-corrected chi connectivity index (χ0v) is 20.8. The molecular formula is C28H23Cl2FN2O2. The third-order valence-electron chi connectivity index (χ3n) is 6.50. The number of para-hydroxylation sites is 2. The minimum Gasteiger partial charge on any atom is -0.357 e. The monoisotopic (exact) mass is 508 g/mol. The predicted octanol–water partition coefficient (Wildman–Crippen LogP) is 7.59. The molecule has 2 aliphatic rings. The van der Waals surface area contributed by atoms with Crippen LogP contribution in [0.4, 0.5) is 15.8 Å². The molecule has 3 aromatic rings. The fourth-order valence-corrected chi connectivity index (χ4v) is 5.62. The van der Waals surface area contributed by atoms with Gasteiger partial charge in [-0.05, 0) is 48.2 Å². The molecule has 0 saturated carbocycles. The number of Topliss-reactive ketones (excluding diaryl/α,β-unsaturated/α-hetero) is 1. The van der Waals surface area contributed by atoms with Crippen LogP contribution in [0.3, 0.4) is 0 Å². The quantitative estimate of drug-likeness (QED) is 0.387. The van der Waals surface area contributed by atoms with Crippen LogP contribution in [0.15, 0.2) is 78.0 Å². The number of amides is 1. The van der Waals surface area contributed by atoms with Crippen LogP contribution >= 0.6 is 23.2 Å². The molecule has 1 N–H and O–H groups in total. The van der Waals surface area contributed by atoms with E-state index in [1.165, 1.54) is 23.1 Å². The lowest BCUT2D eigenvalue weighted by molar-refractivity contribution is -0.118. The smallest absolute Gasteiger partial charge is 0.262 e. The number of carbonyl (C=O) groups excluding carboxylic acids is 2. The average molecular weight is 509 g/mol. The Bertz CT molecular complexity index is 1380. The van der Waals surface area contributed by atoms with Gasteiger partial charge >= 0.3 is 0 Å². The van der Waals surface area contributed by atoms with E-state index in [-0.39, 0.29) is 16.8 Å². The molecule has 178 valence electrons. The molecule has 1 aliphatic carbocycles. The maximum atomic E-state index is 14.9. The first kappa shape index (κ1) is 23.6. The minimum atomic E-state index is -0.946. The van der Waals surface area contributed by atoms with E-state index in [1.807, 2.05) is 26.0 Å². The summed E-state index contributed by atoms with van der Waals surface area (Å²) in [6.45, 7) is 4.07. The highest BCUT2D eigenvalue weighted by atomic mass is 35.5. The van der Waals surface area contributed by atoms with E-state index >= 15 is 0 Å². The van der Waals surface area contributed by atoms with Crippen LogP contribution in [0.5, 0.6) is 0 Å². The molecule has 1 heterocycles. The molecule has 0 bridgehead atoms. The Morgan fingerprint density at radius 2 is 1.63 bits per heavy atom. The second kappa shape index (κ2) is 8.81. The zero-order chi connectivity index (χ0) is 24.9. The molecule has 7 heteroatoms. The SMILES string of the molecule is CC1(C)CC(=O)C2=C(C1)Nc1ccccc1N(C(=O)c1ccccc1F)[C@H]2c1c(Cl)cccc1Cl. The number of ketones is 1. The van der Waals surface area contributed by atoms with E-state index in [2.05, 4.69) is 5.32 Å². The molecule has 0 radical (unpaired) electrons. The van der Waals surface area contributed by atoms with E-state index in [0.717, 1.165) is 0 Å². The molecule has 1 amide bonds. The number of fused-ring (bicyclic) bond motifs is 1. The Kier molecular flexibility index (Phi) is 5.94. The maximum absolute atomic E-state index is 14.9. The van der Waals surface area contributed by atoms with Crippen LogP contribution in [0, 0.1) is 11.2 Å². The zero-order valence-electron chi connectivity index (χ0n) is 19.2. The first-order valence-corrected chi connectivity index (χ1v) is 12.1. The molecule has 4 nitrogen and oxygen atoms in total. The number of benzene rings is 3. The minimum absolute atomic E-state index is 0.108. The van der Waals surface area contributed by atoms with E-state index < -0.39 is 17.8 Å². The topological polar surface area (TPSA) is 49.4 Å². The van der Waals surface area contributed by atoms with Gasteiger partial charge in [-0.15, -0.1) is 0 Å². The Balaban J connectivity index is 1.85. The molecular weight excluding hydrogens is 486 g/mol. The lowest BCUT2D eigenvalue weighted by atomic mass is 9.73. The van der Waals surface area contributed by atoms with E-state index in [1.54, 1.807) is 36.4 Å². The molecule has 0 aromatic heterocycles. The summed E-state index contributed by atoms with van der Waals surface area (Å²) in [7, 11) is 0. The highest BCUT2D eigenvalue weighted by molar-refractivity contribution is 6.36. The number of hydrogen-bond acceptors (Lipinski definition) is 3. The van der Waals surface area contributed by atoms with Crippen molar-refractivity contribution in [3.05, 3.63) is 105 Å². The van der Waals surface area contributed by atoms with Gasteiger partial charge in [0.2, 0.25) is 0 Å². The van der Waals surface area contributed by atoms with Gasteiger partial charge in [-0.1, -0.05) is 67.4 Å².